The van der Waals surface area contributed by atoms with Crippen molar-refractivity contribution in [3.63, 3.8) is 0 Å². The average molecular weight is 327 g/mol. The molecule has 0 bridgehead atoms. The van der Waals surface area contributed by atoms with Gasteiger partial charge in [-0.15, -0.1) is 0 Å². The van der Waals surface area contributed by atoms with Crippen molar-refractivity contribution in [1.82, 2.24) is 10.2 Å². The molecule has 0 aliphatic heterocycles. The molecule has 0 spiro atoms. The highest BCUT2D eigenvalue weighted by molar-refractivity contribution is 5.73. The molecule has 1 heterocycles. The zero-order valence-electron chi connectivity index (χ0n) is 13.8. The molecule has 1 aromatic heterocycles. The van der Waals surface area contributed by atoms with Crippen molar-refractivity contribution in [3.05, 3.63) is 44.9 Å². The maximum atomic E-state index is 11.5. The number of aromatic nitrogens is 2. The van der Waals surface area contributed by atoms with Gasteiger partial charge in [-0.2, -0.15) is 10.4 Å². The summed E-state index contributed by atoms with van der Waals surface area (Å²) in [6.45, 7) is 1.68. The second-order valence-corrected chi connectivity index (χ2v) is 4.84. The zero-order valence-corrected chi connectivity index (χ0v) is 13.8. The van der Waals surface area contributed by atoms with Gasteiger partial charge in [0.25, 0.3) is 5.56 Å². The van der Waals surface area contributed by atoms with Crippen LogP contribution in [0.1, 0.15) is 22.4 Å². The highest BCUT2D eigenvalue weighted by Gasteiger charge is 2.12. The Hall–Kier alpha value is -3.27. The van der Waals surface area contributed by atoms with Gasteiger partial charge in [0.1, 0.15) is 11.6 Å². The predicted octanol–water partition coefficient (Wildman–Crippen LogP) is 2.15. The van der Waals surface area contributed by atoms with Crippen LogP contribution in [-0.2, 0) is 0 Å². The monoisotopic (exact) mass is 327 g/mol. The summed E-state index contributed by atoms with van der Waals surface area (Å²) >= 11 is 0. The summed E-state index contributed by atoms with van der Waals surface area (Å²) in [6.07, 6.45) is 3.48. The summed E-state index contributed by atoms with van der Waals surface area (Å²) in [5, 5.41) is 15.3. The van der Waals surface area contributed by atoms with Crippen molar-refractivity contribution in [3.8, 4) is 23.3 Å². The van der Waals surface area contributed by atoms with Gasteiger partial charge < -0.3 is 14.2 Å². The molecule has 0 unspecified atom stereocenters. The Morgan fingerprint density at radius 3 is 2.25 bits per heavy atom. The number of hydrogen-bond acceptors (Lipinski definition) is 6. The number of methoxy groups -OCH3 is 3. The molecule has 124 valence electrons. The fraction of sp³-hybridized carbons (Fsp3) is 0.235. The molecule has 0 radical (unpaired) electrons. The van der Waals surface area contributed by atoms with Crippen molar-refractivity contribution in [2.24, 2.45) is 0 Å². The molecule has 0 fully saturated rings. The lowest BCUT2D eigenvalue weighted by Crippen LogP contribution is -2.15. The minimum atomic E-state index is -0.500. The molecule has 24 heavy (non-hydrogen) atoms. The summed E-state index contributed by atoms with van der Waals surface area (Å²) in [7, 11) is 4.61. The van der Waals surface area contributed by atoms with E-state index in [1.807, 2.05) is 6.07 Å². The van der Waals surface area contributed by atoms with Gasteiger partial charge in [0, 0.05) is 0 Å². The normalized spacial score (nSPS) is 10.5. The first-order valence-corrected chi connectivity index (χ1v) is 7.03. The van der Waals surface area contributed by atoms with Gasteiger partial charge in [-0.3, -0.25) is 4.79 Å². The van der Waals surface area contributed by atoms with Crippen molar-refractivity contribution >= 4 is 12.2 Å². The van der Waals surface area contributed by atoms with Gasteiger partial charge in [-0.05, 0) is 36.3 Å². The van der Waals surface area contributed by atoms with Gasteiger partial charge in [-0.25, -0.2) is 5.10 Å². The van der Waals surface area contributed by atoms with Gasteiger partial charge in [-0.1, -0.05) is 6.08 Å². The maximum Gasteiger partial charge on any atom is 0.282 e. The second kappa shape index (κ2) is 7.33. The fourth-order valence-electron chi connectivity index (χ4n) is 2.22. The van der Waals surface area contributed by atoms with Crippen molar-refractivity contribution in [2.45, 2.75) is 6.92 Å². The van der Waals surface area contributed by atoms with Crippen LogP contribution in [0.15, 0.2) is 16.9 Å². The number of hydrogen-bond donors (Lipinski definition) is 1. The molecule has 0 atom stereocenters. The molecule has 0 saturated carbocycles. The van der Waals surface area contributed by atoms with Crippen LogP contribution in [0.3, 0.4) is 0 Å². The molecule has 1 N–H and O–H groups in total. The maximum absolute atomic E-state index is 11.5. The SMILES string of the molecule is COc1cc(/C=C/c2n[nH]c(=O)c(C#N)c2C)cc(OC)c1OC. The van der Waals surface area contributed by atoms with E-state index in [0.717, 1.165) is 5.56 Å². The van der Waals surface area contributed by atoms with Gasteiger partial charge >= 0.3 is 0 Å². The minimum absolute atomic E-state index is 0.0505. The third-order valence-corrected chi connectivity index (χ3v) is 3.50. The Labute approximate surface area is 139 Å². The molecule has 7 nitrogen and oxygen atoms in total. The van der Waals surface area contributed by atoms with E-state index in [9.17, 15) is 4.79 Å². The number of nitriles is 1. The van der Waals surface area contributed by atoms with Crippen LogP contribution in [-0.4, -0.2) is 31.5 Å². The molecule has 0 aliphatic carbocycles. The molecule has 0 saturated heterocycles. The number of aromatic amines is 1. The largest absolute Gasteiger partial charge is 0.493 e. The molecule has 7 heteroatoms. The van der Waals surface area contributed by atoms with E-state index in [2.05, 4.69) is 10.2 Å². The van der Waals surface area contributed by atoms with E-state index in [0.29, 0.717) is 28.5 Å². The summed E-state index contributed by atoms with van der Waals surface area (Å²) in [5.74, 6) is 1.56. The van der Waals surface area contributed by atoms with Crippen LogP contribution >= 0.6 is 0 Å². The Balaban J connectivity index is 2.47. The standard InChI is InChI=1S/C17H17N3O4/c1-10-12(9-18)17(21)20-19-13(10)6-5-11-7-14(22-2)16(24-4)15(8-11)23-3/h5-8H,1-4H3,(H,20,21)/b6-5+. The third kappa shape index (κ3) is 3.22. The van der Waals surface area contributed by atoms with Crippen LogP contribution in [0, 0.1) is 18.3 Å². The fourth-order valence-corrected chi connectivity index (χ4v) is 2.22. The van der Waals surface area contributed by atoms with E-state index in [1.165, 1.54) is 21.3 Å². The Kier molecular flexibility index (Phi) is 5.22. The number of nitrogens with zero attached hydrogens (tertiary/aromatic N) is 2. The quantitative estimate of drug-likeness (QED) is 0.903. The molecular weight excluding hydrogens is 310 g/mol. The molecule has 0 amide bonds. The Bertz CT molecular complexity index is 853. The molecule has 1 aromatic carbocycles. The lowest BCUT2D eigenvalue weighted by atomic mass is 10.1. The van der Waals surface area contributed by atoms with Crippen molar-refractivity contribution in [1.29, 1.82) is 5.26 Å². The summed E-state index contributed by atoms with van der Waals surface area (Å²) in [4.78, 5) is 11.5. The lowest BCUT2D eigenvalue weighted by molar-refractivity contribution is 0.324. The van der Waals surface area contributed by atoms with E-state index < -0.39 is 5.56 Å². The van der Waals surface area contributed by atoms with E-state index in [1.54, 1.807) is 31.2 Å². The first-order chi connectivity index (χ1) is 11.5. The van der Waals surface area contributed by atoms with Gasteiger partial charge in [0.2, 0.25) is 5.75 Å². The van der Waals surface area contributed by atoms with Gasteiger partial charge in [0.15, 0.2) is 11.5 Å². The first kappa shape index (κ1) is 17.1. The highest BCUT2D eigenvalue weighted by atomic mass is 16.5. The van der Waals surface area contributed by atoms with E-state index in [4.69, 9.17) is 19.5 Å². The third-order valence-electron chi connectivity index (χ3n) is 3.50. The molecular formula is C17H17N3O4. The number of nitrogens with one attached hydrogen (secondary N) is 1. The molecule has 0 aliphatic rings. The van der Waals surface area contributed by atoms with Crippen molar-refractivity contribution in [2.75, 3.05) is 21.3 Å². The van der Waals surface area contributed by atoms with Crippen LogP contribution in [0.25, 0.3) is 12.2 Å². The van der Waals surface area contributed by atoms with E-state index >= 15 is 0 Å². The first-order valence-electron chi connectivity index (χ1n) is 7.03. The number of rotatable bonds is 5. The topological polar surface area (TPSA) is 97.2 Å². The van der Waals surface area contributed by atoms with E-state index in [-0.39, 0.29) is 5.56 Å². The smallest absolute Gasteiger partial charge is 0.282 e. The Morgan fingerprint density at radius 2 is 1.75 bits per heavy atom. The van der Waals surface area contributed by atoms with Crippen LogP contribution in [0.2, 0.25) is 0 Å². The predicted molar refractivity (Wildman–Crippen MR) is 89.3 cm³/mol. The molecule has 2 aromatic rings. The number of benzene rings is 1. The van der Waals surface area contributed by atoms with Crippen LogP contribution < -0.4 is 19.8 Å². The summed E-state index contributed by atoms with van der Waals surface area (Å²) < 4.78 is 15.9. The van der Waals surface area contributed by atoms with Crippen LogP contribution in [0.5, 0.6) is 17.2 Å². The number of H-pyrrole nitrogens is 1. The summed E-state index contributed by atoms with van der Waals surface area (Å²) in [6, 6.07) is 5.44. The highest BCUT2D eigenvalue weighted by Crippen LogP contribution is 2.38. The lowest BCUT2D eigenvalue weighted by Gasteiger charge is -2.12. The second-order valence-electron chi connectivity index (χ2n) is 4.84. The van der Waals surface area contributed by atoms with Gasteiger partial charge in [0.05, 0.1) is 27.0 Å². The average Bonchev–Trinajstić information content (AvgIpc) is 2.60. The number of ether oxygens (including phenoxy) is 3. The Morgan fingerprint density at radius 1 is 1.12 bits per heavy atom. The van der Waals surface area contributed by atoms with Crippen molar-refractivity contribution < 1.29 is 14.2 Å². The minimum Gasteiger partial charge on any atom is -0.493 e. The summed E-state index contributed by atoms with van der Waals surface area (Å²) in [5.41, 5.74) is 1.36. The molecule has 2 rings (SSSR count). The zero-order chi connectivity index (χ0) is 17.7. The van der Waals surface area contributed by atoms with Crippen LogP contribution in [0.4, 0.5) is 0 Å².